The van der Waals surface area contributed by atoms with Gasteiger partial charge in [0.05, 0.1) is 5.69 Å². The first kappa shape index (κ1) is 11.8. The minimum atomic E-state index is -1.13. The fourth-order valence-electron chi connectivity index (χ4n) is 1.41. The van der Waals surface area contributed by atoms with Gasteiger partial charge in [0.1, 0.15) is 11.5 Å². The van der Waals surface area contributed by atoms with Crippen molar-refractivity contribution in [2.24, 2.45) is 0 Å². The van der Waals surface area contributed by atoms with Gasteiger partial charge in [-0.05, 0) is 30.7 Å². The minimum absolute atomic E-state index is 0.0731. The van der Waals surface area contributed by atoms with Crippen molar-refractivity contribution < 1.29 is 14.3 Å². The molecular weight excluding hydrogens is 291 g/mol. The van der Waals surface area contributed by atoms with Crippen LogP contribution < -0.4 is 0 Å². The minimum Gasteiger partial charge on any atom is -0.477 e. The van der Waals surface area contributed by atoms with Gasteiger partial charge in [-0.3, -0.25) is 5.10 Å². The van der Waals surface area contributed by atoms with Crippen molar-refractivity contribution in [3.8, 4) is 11.3 Å². The topological polar surface area (TPSA) is 66.0 Å². The van der Waals surface area contributed by atoms with E-state index in [1.54, 1.807) is 13.0 Å². The van der Waals surface area contributed by atoms with E-state index in [9.17, 15) is 9.18 Å². The molecule has 0 spiro atoms. The van der Waals surface area contributed by atoms with Gasteiger partial charge >= 0.3 is 5.97 Å². The van der Waals surface area contributed by atoms with E-state index < -0.39 is 11.8 Å². The van der Waals surface area contributed by atoms with Crippen molar-refractivity contribution in [1.82, 2.24) is 10.2 Å². The summed E-state index contributed by atoms with van der Waals surface area (Å²) in [5, 5.41) is 14.8. The highest BCUT2D eigenvalue weighted by atomic mass is 79.9. The number of carboxylic acid groups (broad SMARTS) is 1. The Morgan fingerprint density at radius 3 is 2.76 bits per heavy atom. The van der Waals surface area contributed by atoms with Gasteiger partial charge < -0.3 is 5.11 Å². The molecule has 4 nitrogen and oxygen atoms in total. The Bertz CT molecular complexity index is 595. The first-order chi connectivity index (χ1) is 7.99. The monoisotopic (exact) mass is 298 g/mol. The lowest BCUT2D eigenvalue weighted by molar-refractivity contribution is 0.0690. The summed E-state index contributed by atoms with van der Waals surface area (Å²) >= 11 is 3.29. The van der Waals surface area contributed by atoms with Gasteiger partial charge in [-0.1, -0.05) is 15.9 Å². The first-order valence-corrected chi connectivity index (χ1v) is 5.53. The molecule has 0 bridgehead atoms. The van der Waals surface area contributed by atoms with E-state index >= 15 is 0 Å². The molecule has 6 heteroatoms. The summed E-state index contributed by atoms with van der Waals surface area (Å²) < 4.78 is 14.4. The van der Waals surface area contributed by atoms with Crippen LogP contribution in [0.5, 0.6) is 0 Å². The average molecular weight is 299 g/mol. The van der Waals surface area contributed by atoms with Crippen LogP contribution in [-0.2, 0) is 0 Å². The third-order valence-corrected chi connectivity index (χ3v) is 3.19. The smallest absolute Gasteiger partial charge is 0.353 e. The van der Waals surface area contributed by atoms with Gasteiger partial charge in [0.2, 0.25) is 0 Å². The zero-order chi connectivity index (χ0) is 12.6. The average Bonchev–Trinajstić information content (AvgIpc) is 2.72. The van der Waals surface area contributed by atoms with Crippen LogP contribution in [0.1, 0.15) is 16.1 Å². The maximum atomic E-state index is 13.7. The van der Waals surface area contributed by atoms with E-state index in [2.05, 4.69) is 26.1 Å². The van der Waals surface area contributed by atoms with E-state index in [-0.39, 0.29) is 17.0 Å². The highest BCUT2D eigenvalue weighted by Crippen LogP contribution is 2.27. The van der Waals surface area contributed by atoms with Crippen molar-refractivity contribution in [2.75, 3.05) is 0 Å². The number of hydrogen-bond acceptors (Lipinski definition) is 2. The van der Waals surface area contributed by atoms with Crippen LogP contribution in [0.3, 0.4) is 0 Å². The summed E-state index contributed by atoms with van der Waals surface area (Å²) in [6, 6.07) is 4.24. The van der Waals surface area contributed by atoms with Crippen molar-refractivity contribution in [3.63, 3.8) is 0 Å². The van der Waals surface area contributed by atoms with Gasteiger partial charge in [-0.15, -0.1) is 0 Å². The molecule has 17 heavy (non-hydrogen) atoms. The molecule has 0 atom stereocenters. The molecule has 0 saturated heterocycles. The van der Waals surface area contributed by atoms with Crippen LogP contribution in [-0.4, -0.2) is 21.3 Å². The Morgan fingerprint density at radius 2 is 2.18 bits per heavy atom. The van der Waals surface area contributed by atoms with Crippen LogP contribution in [0.25, 0.3) is 11.3 Å². The second-order valence-electron chi connectivity index (χ2n) is 3.55. The van der Waals surface area contributed by atoms with Crippen molar-refractivity contribution >= 4 is 21.9 Å². The molecule has 2 rings (SSSR count). The van der Waals surface area contributed by atoms with E-state index in [0.717, 1.165) is 10.0 Å². The number of H-pyrrole nitrogens is 1. The van der Waals surface area contributed by atoms with E-state index in [1.807, 2.05) is 0 Å². The largest absolute Gasteiger partial charge is 0.477 e. The number of halogens is 2. The Kier molecular flexibility index (Phi) is 2.97. The molecule has 0 aliphatic heterocycles. The van der Waals surface area contributed by atoms with Crippen molar-refractivity contribution in [3.05, 3.63) is 39.7 Å². The fraction of sp³-hybridized carbons (Fsp3) is 0.0909. The second kappa shape index (κ2) is 4.29. The molecule has 2 N–H and O–H groups in total. The molecular formula is C11H8BrFN2O2. The Hall–Kier alpha value is -1.69. The lowest BCUT2D eigenvalue weighted by Gasteiger charge is -2.03. The fourth-order valence-corrected chi connectivity index (χ4v) is 1.76. The quantitative estimate of drug-likeness (QED) is 0.896. The molecule has 2 aromatic rings. The van der Waals surface area contributed by atoms with E-state index in [0.29, 0.717) is 0 Å². The van der Waals surface area contributed by atoms with Gasteiger partial charge in [0.15, 0.2) is 0 Å². The molecule has 0 fully saturated rings. The summed E-state index contributed by atoms with van der Waals surface area (Å²) in [5.41, 5.74) is 1.21. The van der Waals surface area contributed by atoms with Crippen LogP contribution in [0.2, 0.25) is 0 Å². The van der Waals surface area contributed by atoms with Crippen molar-refractivity contribution in [2.45, 2.75) is 6.92 Å². The number of nitrogens with zero attached hydrogens (tertiary/aromatic N) is 1. The molecule has 0 aliphatic carbocycles. The van der Waals surface area contributed by atoms with Crippen LogP contribution in [0.15, 0.2) is 22.7 Å². The zero-order valence-electron chi connectivity index (χ0n) is 8.79. The molecule has 1 heterocycles. The number of aromatic amines is 1. The highest BCUT2D eigenvalue weighted by Gasteiger charge is 2.13. The van der Waals surface area contributed by atoms with Gasteiger partial charge in [0.25, 0.3) is 0 Å². The molecule has 1 aromatic heterocycles. The van der Waals surface area contributed by atoms with E-state index in [4.69, 9.17) is 5.11 Å². The number of nitrogens with one attached hydrogen (secondary N) is 1. The van der Waals surface area contributed by atoms with Crippen LogP contribution in [0.4, 0.5) is 4.39 Å². The van der Waals surface area contributed by atoms with Crippen LogP contribution in [0, 0.1) is 12.7 Å². The molecule has 88 valence electrons. The normalized spacial score (nSPS) is 10.5. The summed E-state index contributed by atoms with van der Waals surface area (Å²) in [6.07, 6.45) is 0. The van der Waals surface area contributed by atoms with Gasteiger partial charge in [-0.2, -0.15) is 5.10 Å². The predicted molar refractivity (Wildman–Crippen MR) is 63.4 cm³/mol. The van der Waals surface area contributed by atoms with Crippen molar-refractivity contribution in [1.29, 1.82) is 0 Å². The Labute approximate surface area is 105 Å². The lowest BCUT2D eigenvalue weighted by Crippen LogP contribution is -1.95. The SMILES string of the molecule is Cc1cc(F)c(-c2cc(C(=O)O)[nH]n2)cc1Br. The summed E-state index contributed by atoms with van der Waals surface area (Å²) in [4.78, 5) is 10.7. The number of aryl methyl sites for hydroxylation is 1. The predicted octanol–water partition coefficient (Wildman–Crippen LogP) is 2.98. The maximum Gasteiger partial charge on any atom is 0.353 e. The summed E-state index contributed by atoms with van der Waals surface area (Å²) in [6.45, 7) is 1.77. The molecule has 0 amide bonds. The van der Waals surface area contributed by atoms with Crippen LogP contribution >= 0.6 is 15.9 Å². The zero-order valence-corrected chi connectivity index (χ0v) is 10.4. The molecule has 0 unspecified atom stereocenters. The maximum absolute atomic E-state index is 13.7. The molecule has 1 aromatic carbocycles. The summed E-state index contributed by atoms with van der Waals surface area (Å²) in [5.74, 6) is -1.57. The third-order valence-electron chi connectivity index (χ3n) is 2.33. The molecule has 0 saturated carbocycles. The number of aromatic nitrogens is 2. The second-order valence-corrected chi connectivity index (χ2v) is 4.41. The number of aromatic carboxylic acids is 1. The number of benzene rings is 1. The molecule has 0 aliphatic rings. The van der Waals surface area contributed by atoms with Gasteiger partial charge in [-0.25, -0.2) is 9.18 Å². The summed E-state index contributed by atoms with van der Waals surface area (Å²) in [7, 11) is 0. The standard InChI is InChI=1S/C11H8BrFN2O2/c1-5-2-8(13)6(3-7(5)12)9-4-10(11(16)17)15-14-9/h2-4H,1H3,(H,14,15)(H,16,17). The first-order valence-electron chi connectivity index (χ1n) is 4.73. The Balaban J connectivity index is 2.52. The van der Waals surface area contributed by atoms with Gasteiger partial charge in [0, 0.05) is 10.0 Å². The Morgan fingerprint density at radius 1 is 1.47 bits per heavy atom. The number of hydrogen-bond donors (Lipinski definition) is 2. The number of rotatable bonds is 2. The number of carboxylic acids is 1. The lowest BCUT2D eigenvalue weighted by atomic mass is 10.1. The number of carbonyl (C=O) groups is 1. The van der Waals surface area contributed by atoms with E-state index in [1.165, 1.54) is 12.1 Å². The highest BCUT2D eigenvalue weighted by molar-refractivity contribution is 9.10. The third kappa shape index (κ3) is 2.21. The molecule has 0 radical (unpaired) electrons.